The quantitative estimate of drug-likeness (QED) is 0.777. The predicted octanol–water partition coefficient (Wildman–Crippen LogP) is 1.56. The van der Waals surface area contributed by atoms with Crippen LogP contribution in [-0.4, -0.2) is 47.6 Å². The Morgan fingerprint density at radius 1 is 1.29 bits per heavy atom. The average Bonchev–Trinajstić information content (AvgIpc) is 2.28. The largest absolute Gasteiger partial charge is 0.351 e. The molecule has 0 aliphatic carbocycles. The third kappa shape index (κ3) is 2.75. The van der Waals surface area contributed by atoms with E-state index >= 15 is 0 Å². The molecule has 0 aromatic carbocycles. The van der Waals surface area contributed by atoms with Crippen LogP contribution >= 0.6 is 0 Å². The van der Waals surface area contributed by atoms with Gasteiger partial charge in [-0.3, -0.25) is 0 Å². The smallest absolute Gasteiger partial charge is 0.132 e. The zero-order valence-electron chi connectivity index (χ0n) is 11.2. The van der Waals surface area contributed by atoms with Crippen molar-refractivity contribution < 1.29 is 0 Å². The molecule has 1 atom stereocenters. The van der Waals surface area contributed by atoms with E-state index in [1.807, 2.05) is 6.92 Å². The van der Waals surface area contributed by atoms with Crippen molar-refractivity contribution in [1.29, 1.82) is 0 Å². The van der Waals surface area contributed by atoms with E-state index in [1.165, 1.54) is 0 Å². The van der Waals surface area contributed by atoms with Gasteiger partial charge in [0.2, 0.25) is 0 Å². The summed E-state index contributed by atoms with van der Waals surface area (Å²) in [5.74, 6) is 1.71. The van der Waals surface area contributed by atoms with Crippen LogP contribution in [0.3, 0.4) is 0 Å². The fraction of sp³-hybridized carbons (Fsp3) is 0.692. The third-order valence-corrected chi connectivity index (χ3v) is 3.47. The predicted molar refractivity (Wildman–Crippen MR) is 70.2 cm³/mol. The molecule has 0 radical (unpaired) electrons. The highest BCUT2D eigenvalue weighted by Crippen LogP contribution is 2.22. The van der Waals surface area contributed by atoms with E-state index in [4.69, 9.17) is 0 Å². The topological polar surface area (TPSA) is 32.3 Å². The summed E-state index contributed by atoms with van der Waals surface area (Å²) in [5, 5.41) is 0. The molecule has 0 saturated carbocycles. The van der Waals surface area contributed by atoms with E-state index in [1.54, 1.807) is 6.33 Å². The fourth-order valence-electron chi connectivity index (χ4n) is 2.41. The Morgan fingerprint density at radius 3 is 2.71 bits per heavy atom. The van der Waals surface area contributed by atoms with Gasteiger partial charge in [0.15, 0.2) is 0 Å². The maximum atomic E-state index is 4.42. The molecular formula is C13H22N4. The minimum Gasteiger partial charge on any atom is -0.351 e. The first-order valence-corrected chi connectivity index (χ1v) is 6.31. The number of nitrogens with zero attached hydrogens (tertiary/aromatic N) is 4. The van der Waals surface area contributed by atoms with Gasteiger partial charge in [0, 0.05) is 37.4 Å². The summed E-state index contributed by atoms with van der Waals surface area (Å²) < 4.78 is 0. The van der Waals surface area contributed by atoms with Gasteiger partial charge in [0.05, 0.1) is 0 Å². The summed E-state index contributed by atoms with van der Waals surface area (Å²) in [5.41, 5.74) is 1.04. The lowest BCUT2D eigenvalue weighted by Crippen LogP contribution is -2.54. The first-order chi connectivity index (χ1) is 8.08. The van der Waals surface area contributed by atoms with Crippen molar-refractivity contribution in [2.24, 2.45) is 5.92 Å². The third-order valence-electron chi connectivity index (χ3n) is 3.47. The highest BCUT2D eigenvalue weighted by atomic mass is 15.3. The second-order valence-electron chi connectivity index (χ2n) is 5.28. The molecule has 1 aliphatic heterocycles. The molecule has 4 nitrogen and oxygen atoms in total. The van der Waals surface area contributed by atoms with Gasteiger partial charge in [-0.25, -0.2) is 9.97 Å². The molecule has 1 aromatic heterocycles. The van der Waals surface area contributed by atoms with Crippen molar-refractivity contribution in [2.75, 3.05) is 31.6 Å². The van der Waals surface area contributed by atoms with Gasteiger partial charge >= 0.3 is 0 Å². The van der Waals surface area contributed by atoms with E-state index in [2.05, 4.69) is 46.7 Å². The molecule has 0 bridgehead atoms. The summed E-state index contributed by atoms with van der Waals surface area (Å²) in [7, 11) is 2.19. The lowest BCUT2D eigenvalue weighted by Gasteiger charge is -2.42. The van der Waals surface area contributed by atoms with Gasteiger partial charge in [-0.2, -0.15) is 0 Å². The number of rotatable bonds is 2. The number of aryl methyl sites for hydroxylation is 1. The van der Waals surface area contributed by atoms with Gasteiger partial charge in [-0.05, 0) is 19.9 Å². The van der Waals surface area contributed by atoms with Crippen LogP contribution in [0, 0.1) is 12.8 Å². The molecule has 0 N–H and O–H groups in total. The minimum absolute atomic E-state index is 0.544. The summed E-state index contributed by atoms with van der Waals surface area (Å²) in [6, 6.07) is 2.63. The first-order valence-electron chi connectivity index (χ1n) is 6.31. The molecule has 17 heavy (non-hydrogen) atoms. The highest BCUT2D eigenvalue weighted by molar-refractivity contribution is 5.41. The molecule has 1 saturated heterocycles. The van der Waals surface area contributed by atoms with Gasteiger partial charge < -0.3 is 9.80 Å². The second kappa shape index (κ2) is 5.00. The zero-order chi connectivity index (χ0) is 12.4. The average molecular weight is 234 g/mol. The van der Waals surface area contributed by atoms with Crippen LogP contribution in [0.25, 0.3) is 0 Å². The number of hydrogen-bond acceptors (Lipinski definition) is 4. The maximum Gasteiger partial charge on any atom is 0.132 e. The molecule has 1 aromatic rings. The molecule has 0 amide bonds. The molecule has 1 fully saturated rings. The Hall–Kier alpha value is -1.16. The molecule has 2 rings (SSSR count). The van der Waals surface area contributed by atoms with Crippen molar-refractivity contribution in [2.45, 2.75) is 26.8 Å². The van der Waals surface area contributed by atoms with Crippen molar-refractivity contribution >= 4 is 5.82 Å². The summed E-state index contributed by atoms with van der Waals surface area (Å²) in [6.45, 7) is 9.85. The molecular weight excluding hydrogens is 212 g/mol. The van der Waals surface area contributed by atoms with Gasteiger partial charge in [0.25, 0.3) is 0 Å². The van der Waals surface area contributed by atoms with Gasteiger partial charge in [-0.15, -0.1) is 0 Å². The summed E-state index contributed by atoms with van der Waals surface area (Å²) in [6.07, 6.45) is 1.67. The molecule has 2 heterocycles. The molecule has 1 aliphatic rings. The van der Waals surface area contributed by atoms with E-state index in [0.29, 0.717) is 12.0 Å². The number of aromatic nitrogens is 2. The zero-order valence-corrected chi connectivity index (χ0v) is 11.2. The van der Waals surface area contributed by atoms with Crippen molar-refractivity contribution in [3.05, 3.63) is 18.1 Å². The van der Waals surface area contributed by atoms with E-state index in [-0.39, 0.29) is 0 Å². The first kappa shape index (κ1) is 12.3. The Morgan fingerprint density at radius 2 is 2.06 bits per heavy atom. The van der Waals surface area contributed by atoms with E-state index < -0.39 is 0 Å². The Labute approximate surface area is 104 Å². The molecule has 4 heteroatoms. The van der Waals surface area contributed by atoms with E-state index in [9.17, 15) is 0 Å². The Bertz CT molecular complexity index is 377. The Balaban J connectivity index is 2.23. The van der Waals surface area contributed by atoms with E-state index in [0.717, 1.165) is 31.1 Å². The lowest BCUT2D eigenvalue weighted by atomic mass is 10.00. The van der Waals surface area contributed by atoms with Crippen LogP contribution in [0.15, 0.2) is 12.4 Å². The minimum atomic E-state index is 0.544. The maximum absolute atomic E-state index is 4.42. The molecule has 94 valence electrons. The number of likely N-dealkylation sites (N-methyl/N-ethyl adjacent to an activating group) is 1. The highest BCUT2D eigenvalue weighted by Gasteiger charge is 2.28. The van der Waals surface area contributed by atoms with Crippen molar-refractivity contribution in [3.63, 3.8) is 0 Å². The van der Waals surface area contributed by atoms with Crippen LogP contribution in [0.2, 0.25) is 0 Å². The SMILES string of the molecule is Cc1cc(N2CCN(C)CC2C(C)C)ncn1. The van der Waals surface area contributed by atoms with Gasteiger partial charge in [0.1, 0.15) is 12.1 Å². The normalized spacial score (nSPS) is 22.2. The number of piperazine rings is 1. The van der Waals surface area contributed by atoms with Crippen LogP contribution in [0.4, 0.5) is 5.82 Å². The van der Waals surface area contributed by atoms with Crippen LogP contribution < -0.4 is 4.90 Å². The second-order valence-corrected chi connectivity index (χ2v) is 5.28. The number of anilines is 1. The molecule has 1 unspecified atom stereocenters. The summed E-state index contributed by atoms with van der Waals surface area (Å²) >= 11 is 0. The number of hydrogen-bond donors (Lipinski definition) is 0. The van der Waals surface area contributed by atoms with Crippen LogP contribution in [0.1, 0.15) is 19.5 Å². The van der Waals surface area contributed by atoms with Crippen molar-refractivity contribution in [1.82, 2.24) is 14.9 Å². The van der Waals surface area contributed by atoms with Crippen LogP contribution in [0.5, 0.6) is 0 Å². The van der Waals surface area contributed by atoms with Crippen LogP contribution in [-0.2, 0) is 0 Å². The van der Waals surface area contributed by atoms with Crippen molar-refractivity contribution in [3.8, 4) is 0 Å². The monoisotopic (exact) mass is 234 g/mol. The summed E-state index contributed by atoms with van der Waals surface area (Å²) in [4.78, 5) is 13.4. The Kier molecular flexibility index (Phi) is 3.62. The molecule has 0 spiro atoms. The van der Waals surface area contributed by atoms with Gasteiger partial charge in [-0.1, -0.05) is 13.8 Å². The standard InChI is InChI=1S/C13H22N4/c1-10(2)12-8-16(4)5-6-17(12)13-7-11(3)14-9-15-13/h7,9-10,12H,5-6,8H2,1-4H3. The fourth-order valence-corrected chi connectivity index (χ4v) is 2.41. The lowest BCUT2D eigenvalue weighted by molar-refractivity contribution is 0.236.